The molecule has 0 bridgehead atoms. The fraction of sp³-hybridized carbons (Fsp3) is 0.105. The number of nitrogens with two attached hydrogens (primary N) is 1. The molecular weight excluding hydrogens is 316 g/mol. The fourth-order valence-corrected chi connectivity index (χ4v) is 2.25. The molecule has 0 unspecified atom stereocenters. The molecule has 0 fully saturated rings. The molecule has 2 aromatic carbocycles. The number of para-hydroxylation sites is 1. The molecule has 0 saturated heterocycles. The molecule has 0 aliphatic heterocycles. The highest BCUT2D eigenvalue weighted by molar-refractivity contribution is 6.04. The highest BCUT2D eigenvalue weighted by Gasteiger charge is 2.07. The zero-order chi connectivity index (χ0) is 17.5. The van der Waals surface area contributed by atoms with Crippen molar-refractivity contribution in [2.45, 2.75) is 13.2 Å². The summed E-state index contributed by atoms with van der Waals surface area (Å²) in [6.07, 6.45) is 1.42. The van der Waals surface area contributed by atoms with Gasteiger partial charge in [0.2, 0.25) is 5.88 Å². The molecule has 25 heavy (non-hydrogen) atoms. The number of aromatic nitrogens is 2. The lowest BCUT2D eigenvalue weighted by Gasteiger charge is -2.08. The molecule has 1 aromatic heterocycles. The van der Waals surface area contributed by atoms with Gasteiger partial charge in [-0.25, -0.2) is 9.97 Å². The van der Waals surface area contributed by atoms with Gasteiger partial charge in [-0.15, -0.1) is 0 Å². The number of nitrogens with one attached hydrogen (secondary N) is 1. The largest absolute Gasteiger partial charge is 0.473 e. The molecule has 0 saturated carbocycles. The third kappa shape index (κ3) is 4.62. The van der Waals surface area contributed by atoms with Gasteiger partial charge < -0.3 is 15.8 Å². The van der Waals surface area contributed by atoms with E-state index in [1.165, 1.54) is 6.33 Å². The van der Waals surface area contributed by atoms with Crippen molar-refractivity contribution in [3.63, 3.8) is 0 Å². The Labute approximate surface area is 145 Å². The highest BCUT2D eigenvalue weighted by Crippen LogP contribution is 2.13. The number of benzene rings is 2. The molecule has 3 N–H and O–H groups in total. The molecule has 6 heteroatoms. The van der Waals surface area contributed by atoms with Crippen LogP contribution in [-0.2, 0) is 13.2 Å². The Morgan fingerprint density at radius 2 is 1.88 bits per heavy atom. The van der Waals surface area contributed by atoms with Crippen LogP contribution in [0.2, 0.25) is 0 Å². The van der Waals surface area contributed by atoms with Crippen LogP contribution in [0.15, 0.2) is 67.0 Å². The lowest BCUT2D eigenvalue weighted by Crippen LogP contribution is -2.12. The van der Waals surface area contributed by atoms with E-state index in [2.05, 4.69) is 15.3 Å². The van der Waals surface area contributed by atoms with Crippen LogP contribution in [0.1, 0.15) is 21.6 Å². The number of hydrogen-bond donors (Lipinski definition) is 2. The van der Waals surface area contributed by atoms with E-state index in [1.54, 1.807) is 18.2 Å². The van der Waals surface area contributed by atoms with Gasteiger partial charge in [-0.05, 0) is 29.8 Å². The molecule has 3 rings (SSSR count). The van der Waals surface area contributed by atoms with Gasteiger partial charge in [-0.2, -0.15) is 0 Å². The van der Waals surface area contributed by atoms with Gasteiger partial charge in [0.1, 0.15) is 12.9 Å². The van der Waals surface area contributed by atoms with Crippen molar-refractivity contribution >= 4 is 11.6 Å². The number of anilines is 1. The third-order valence-corrected chi connectivity index (χ3v) is 3.52. The summed E-state index contributed by atoms with van der Waals surface area (Å²) < 4.78 is 5.65. The predicted molar refractivity (Wildman–Crippen MR) is 95.1 cm³/mol. The van der Waals surface area contributed by atoms with Crippen LogP contribution >= 0.6 is 0 Å². The normalized spacial score (nSPS) is 10.3. The smallest absolute Gasteiger partial charge is 0.255 e. The maximum Gasteiger partial charge on any atom is 0.255 e. The minimum atomic E-state index is -0.166. The molecule has 1 amide bonds. The molecular formula is C19H18N4O2. The Bertz CT molecular complexity index is 853. The average Bonchev–Trinajstić information content (AvgIpc) is 2.67. The number of rotatable bonds is 6. The van der Waals surface area contributed by atoms with Crippen molar-refractivity contribution in [1.82, 2.24) is 9.97 Å². The van der Waals surface area contributed by atoms with E-state index < -0.39 is 0 Å². The summed E-state index contributed by atoms with van der Waals surface area (Å²) in [7, 11) is 0. The van der Waals surface area contributed by atoms with E-state index >= 15 is 0 Å². The molecule has 1 heterocycles. The lowest BCUT2D eigenvalue weighted by molar-refractivity contribution is 0.102. The summed E-state index contributed by atoms with van der Waals surface area (Å²) in [4.78, 5) is 20.4. The van der Waals surface area contributed by atoms with Crippen LogP contribution in [0.5, 0.6) is 5.88 Å². The van der Waals surface area contributed by atoms with Crippen molar-refractivity contribution in [2.24, 2.45) is 5.73 Å². The van der Waals surface area contributed by atoms with Crippen molar-refractivity contribution in [2.75, 3.05) is 5.32 Å². The first kappa shape index (κ1) is 16.6. The SMILES string of the molecule is NCc1cc(OCc2cccc(C(=O)Nc3ccccc3)c2)ncn1. The second-order valence-electron chi connectivity index (χ2n) is 5.36. The summed E-state index contributed by atoms with van der Waals surface area (Å²) in [6.45, 7) is 0.626. The molecule has 0 radical (unpaired) electrons. The molecule has 0 spiro atoms. The monoisotopic (exact) mass is 334 g/mol. The van der Waals surface area contributed by atoms with Crippen LogP contribution in [0.4, 0.5) is 5.69 Å². The van der Waals surface area contributed by atoms with E-state index in [0.29, 0.717) is 30.3 Å². The van der Waals surface area contributed by atoms with Crippen molar-refractivity contribution in [1.29, 1.82) is 0 Å². The van der Waals surface area contributed by atoms with E-state index in [0.717, 1.165) is 11.3 Å². The number of ether oxygens (including phenoxy) is 1. The second kappa shape index (κ2) is 8.03. The number of carbonyl (C=O) groups excluding carboxylic acids is 1. The van der Waals surface area contributed by atoms with Crippen molar-refractivity contribution < 1.29 is 9.53 Å². The van der Waals surface area contributed by atoms with E-state index in [4.69, 9.17) is 10.5 Å². The standard InChI is InChI=1S/C19H18N4O2/c20-11-17-10-18(22-13-21-17)25-12-14-5-4-6-15(9-14)19(24)23-16-7-2-1-3-8-16/h1-10,13H,11-12,20H2,(H,23,24). The topological polar surface area (TPSA) is 90.1 Å². The first-order valence-corrected chi connectivity index (χ1v) is 7.84. The van der Waals surface area contributed by atoms with Gasteiger partial charge in [0, 0.05) is 23.9 Å². The van der Waals surface area contributed by atoms with Gasteiger partial charge in [-0.3, -0.25) is 4.79 Å². The van der Waals surface area contributed by atoms with Crippen molar-refractivity contribution in [3.8, 4) is 5.88 Å². The Balaban J connectivity index is 1.65. The molecule has 6 nitrogen and oxygen atoms in total. The Morgan fingerprint density at radius 3 is 2.68 bits per heavy atom. The van der Waals surface area contributed by atoms with Gasteiger partial charge in [-0.1, -0.05) is 30.3 Å². The predicted octanol–water partition coefficient (Wildman–Crippen LogP) is 2.77. The first-order chi connectivity index (χ1) is 12.2. The number of amides is 1. The summed E-state index contributed by atoms with van der Waals surface area (Å²) in [5, 5.41) is 2.86. The van der Waals surface area contributed by atoms with Crippen LogP contribution < -0.4 is 15.8 Å². The van der Waals surface area contributed by atoms with Gasteiger partial charge in [0.05, 0.1) is 5.69 Å². The van der Waals surface area contributed by atoms with Gasteiger partial charge in [0.15, 0.2) is 0 Å². The minimum Gasteiger partial charge on any atom is -0.473 e. The molecule has 0 aliphatic rings. The molecule has 0 aliphatic carbocycles. The molecule has 126 valence electrons. The highest BCUT2D eigenvalue weighted by atomic mass is 16.5. The van der Waals surface area contributed by atoms with Gasteiger partial charge in [0.25, 0.3) is 5.91 Å². The van der Waals surface area contributed by atoms with Crippen molar-refractivity contribution in [3.05, 3.63) is 83.8 Å². The van der Waals surface area contributed by atoms with E-state index in [9.17, 15) is 4.79 Å². The first-order valence-electron chi connectivity index (χ1n) is 7.84. The number of carbonyl (C=O) groups is 1. The van der Waals surface area contributed by atoms with Gasteiger partial charge >= 0.3 is 0 Å². The van der Waals surface area contributed by atoms with Crippen LogP contribution in [0.3, 0.4) is 0 Å². The summed E-state index contributed by atoms with van der Waals surface area (Å²) in [5.41, 5.74) is 8.45. The molecule has 0 atom stereocenters. The third-order valence-electron chi connectivity index (χ3n) is 3.52. The zero-order valence-corrected chi connectivity index (χ0v) is 13.6. The minimum absolute atomic E-state index is 0.166. The summed E-state index contributed by atoms with van der Waals surface area (Å²) in [5.74, 6) is 0.287. The molecule has 3 aromatic rings. The Hall–Kier alpha value is -3.25. The lowest BCUT2D eigenvalue weighted by atomic mass is 10.1. The van der Waals surface area contributed by atoms with E-state index in [1.807, 2.05) is 42.5 Å². The summed E-state index contributed by atoms with van der Waals surface area (Å²) >= 11 is 0. The summed E-state index contributed by atoms with van der Waals surface area (Å²) in [6, 6.07) is 18.3. The number of hydrogen-bond acceptors (Lipinski definition) is 5. The maximum atomic E-state index is 12.3. The van der Waals surface area contributed by atoms with E-state index in [-0.39, 0.29) is 5.91 Å². The Kier molecular flexibility index (Phi) is 5.33. The number of nitrogens with zero attached hydrogens (tertiary/aromatic N) is 2. The zero-order valence-electron chi connectivity index (χ0n) is 13.6. The van der Waals surface area contributed by atoms with Crippen LogP contribution in [-0.4, -0.2) is 15.9 Å². The van der Waals surface area contributed by atoms with Crippen LogP contribution in [0, 0.1) is 0 Å². The fourth-order valence-electron chi connectivity index (χ4n) is 2.25. The quantitative estimate of drug-likeness (QED) is 0.723. The maximum absolute atomic E-state index is 12.3. The second-order valence-corrected chi connectivity index (χ2v) is 5.36. The average molecular weight is 334 g/mol. The van der Waals surface area contributed by atoms with Crippen LogP contribution in [0.25, 0.3) is 0 Å². The Morgan fingerprint density at radius 1 is 1.04 bits per heavy atom.